The van der Waals surface area contributed by atoms with Gasteiger partial charge in [0.25, 0.3) is 5.91 Å². The lowest BCUT2D eigenvalue weighted by atomic mass is 10.1. The van der Waals surface area contributed by atoms with E-state index in [0.29, 0.717) is 18.2 Å². The van der Waals surface area contributed by atoms with Crippen LogP contribution in [0.3, 0.4) is 0 Å². The second-order valence-electron chi connectivity index (χ2n) is 5.48. The average Bonchev–Trinajstić information content (AvgIpc) is 2.75. The first-order valence-electron chi connectivity index (χ1n) is 7.17. The Morgan fingerprint density at radius 2 is 1.95 bits per heavy atom. The number of hydrogen-bond acceptors (Lipinski definition) is 3. The van der Waals surface area contributed by atoms with Gasteiger partial charge in [-0.05, 0) is 51.5 Å². The van der Waals surface area contributed by atoms with E-state index in [2.05, 4.69) is 44.4 Å². The molecule has 0 saturated heterocycles. The normalized spacial score (nSPS) is 10.7. The molecule has 1 aromatic heterocycles. The van der Waals surface area contributed by atoms with Crippen molar-refractivity contribution in [1.29, 1.82) is 0 Å². The van der Waals surface area contributed by atoms with Gasteiger partial charge < -0.3 is 10.6 Å². The lowest BCUT2D eigenvalue weighted by molar-refractivity contribution is 0.0952. The summed E-state index contributed by atoms with van der Waals surface area (Å²) in [6.07, 6.45) is 0. The first-order chi connectivity index (χ1) is 9.97. The van der Waals surface area contributed by atoms with E-state index in [4.69, 9.17) is 0 Å². The summed E-state index contributed by atoms with van der Waals surface area (Å²) in [7, 11) is 0. The molecule has 0 aliphatic rings. The standard InChI is InChI=1S/C17H22N2OS/c1-11(2)19-16-8-6-5-7-15(16)17(20)18-10-14-9-12(3)13(4)21-14/h5-9,11,19H,10H2,1-4H3,(H,18,20). The Balaban J connectivity index is 2.06. The molecule has 4 heteroatoms. The molecule has 0 saturated carbocycles. The SMILES string of the molecule is Cc1cc(CNC(=O)c2ccccc2NC(C)C)sc1C. The van der Waals surface area contributed by atoms with Crippen LogP contribution in [-0.2, 0) is 6.54 Å². The summed E-state index contributed by atoms with van der Waals surface area (Å²) >= 11 is 1.74. The highest BCUT2D eigenvalue weighted by molar-refractivity contribution is 7.12. The summed E-state index contributed by atoms with van der Waals surface area (Å²) in [6.45, 7) is 8.90. The number of nitrogens with one attached hydrogen (secondary N) is 2. The van der Waals surface area contributed by atoms with Crippen LogP contribution in [-0.4, -0.2) is 11.9 Å². The largest absolute Gasteiger partial charge is 0.382 e. The van der Waals surface area contributed by atoms with Gasteiger partial charge in [0, 0.05) is 21.5 Å². The number of carbonyl (C=O) groups is 1. The summed E-state index contributed by atoms with van der Waals surface area (Å²) in [6, 6.07) is 10.0. The van der Waals surface area contributed by atoms with Gasteiger partial charge in [0.1, 0.15) is 0 Å². The van der Waals surface area contributed by atoms with Gasteiger partial charge in [-0.15, -0.1) is 11.3 Å². The van der Waals surface area contributed by atoms with Crippen LogP contribution in [0.2, 0.25) is 0 Å². The number of thiophene rings is 1. The van der Waals surface area contributed by atoms with E-state index in [9.17, 15) is 4.79 Å². The minimum absolute atomic E-state index is 0.0394. The molecule has 1 aromatic carbocycles. The maximum Gasteiger partial charge on any atom is 0.253 e. The first-order valence-corrected chi connectivity index (χ1v) is 7.98. The van der Waals surface area contributed by atoms with Crippen molar-refractivity contribution >= 4 is 22.9 Å². The van der Waals surface area contributed by atoms with E-state index in [0.717, 1.165) is 5.69 Å². The van der Waals surface area contributed by atoms with E-state index in [1.54, 1.807) is 11.3 Å². The number of anilines is 1. The van der Waals surface area contributed by atoms with Crippen LogP contribution in [0.25, 0.3) is 0 Å². The van der Waals surface area contributed by atoms with Gasteiger partial charge in [0.15, 0.2) is 0 Å². The Labute approximate surface area is 130 Å². The lowest BCUT2D eigenvalue weighted by Crippen LogP contribution is -2.24. The van der Waals surface area contributed by atoms with E-state index in [1.165, 1.54) is 15.3 Å². The van der Waals surface area contributed by atoms with Gasteiger partial charge >= 0.3 is 0 Å². The molecule has 0 bridgehead atoms. The lowest BCUT2D eigenvalue weighted by Gasteiger charge is -2.14. The van der Waals surface area contributed by atoms with Crippen LogP contribution in [0, 0.1) is 13.8 Å². The molecular formula is C17H22N2OS. The maximum atomic E-state index is 12.4. The van der Waals surface area contributed by atoms with Gasteiger partial charge in [-0.25, -0.2) is 0 Å². The van der Waals surface area contributed by atoms with Crippen molar-refractivity contribution in [2.45, 2.75) is 40.3 Å². The Morgan fingerprint density at radius 1 is 1.24 bits per heavy atom. The van der Waals surface area contributed by atoms with Crippen molar-refractivity contribution in [1.82, 2.24) is 5.32 Å². The fourth-order valence-corrected chi connectivity index (χ4v) is 3.11. The average molecular weight is 302 g/mol. The number of hydrogen-bond donors (Lipinski definition) is 2. The van der Waals surface area contributed by atoms with E-state index >= 15 is 0 Å². The van der Waals surface area contributed by atoms with Crippen molar-refractivity contribution in [2.24, 2.45) is 0 Å². The third-order valence-electron chi connectivity index (χ3n) is 3.26. The topological polar surface area (TPSA) is 41.1 Å². The van der Waals surface area contributed by atoms with E-state index in [-0.39, 0.29) is 5.91 Å². The van der Waals surface area contributed by atoms with Crippen molar-refractivity contribution in [3.63, 3.8) is 0 Å². The van der Waals surface area contributed by atoms with Crippen LogP contribution < -0.4 is 10.6 Å². The first kappa shape index (κ1) is 15.6. The number of rotatable bonds is 5. The minimum atomic E-state index is -0.0394. The fraction of sp³-hybridized carbons (Fsp3) is 0.353. The summed E-state index contributed by atoms with van der Waals surface area (Å²) in [5.41, 5.74) is 2.85. The Hall–Kier alpha value is -1.81. The van der Waals surface area contributed by atoms with Crippen molar-refractivity contribution in [3.8, 4) is 0 Å². The van der Waals surface area contributed by atoms with E-state index in [1.807, 2.05) is 24.3 Å². The number of aryl methyl sites for hydroxylation is 2. The highest BCUT2D eigenvalue weighted by atomic mass is 32.1. The summed E-state index contributed by atoms with van der Waals surface area (Å²) in [4.78, 5) is 14.9. The van der Waals surface area contributed by atoms with Crippen molar-refractivity contribution in [2.75, 3.05) is 5.32 Å². The molecule has 0 aliphatic heterocycles. The molecule has 0 unspecified atom stereocenters. The predicted molar refractivity (Wildman–Crippen MR) is 90.2 cm³/mol. The molecule has 0 fully saturated rings. The summed E-state index contributed by atoms with van der Waals surface area (Å²) in [5.74, 6) is -0.0394. The molecule has 0 radical (unpaired) electrons. The number of para-hydroxylation sites is 1. The molecule has 1 heterocycles. The molecule has 0 spiro atoms. The summed E-state index contributed by atoms with van der Waals surface area (Å²) in [5, 5.41) is 6.31. The quantitative estimate of drug-likeness (QED) is 0.872. The molecule has 0 atom stereocenters. The fourth-order valence-electron chi connectivity index (χ4n) is 2.12. The smallest absolute Gasteiger partial charge is 0.253 e. The molecular weight excluding hydrogens is 280 g/mol. The monoisotopic (exact) mass is 302 g/mol. The highest BCUT2D eigenvalue weighted by Crippen LogP contribution is 2.21. The number of amides is 1. The minimum Gasteiger partial charge on any atom is -0.382 e. The number of carbonyl (C=O) groups excluding carboxylic acids is 1. The molecule has 1 amide bonds. The zero-order chi connectivity index (χ0) is 15.4. The molecule has 112 valence electrons. The molecule has 2 aromatic rings. The van der Waals surface area contributed by atoms with Crippen LogP contribution in [0.4, 0.5) is 5.69 Å². The van der Waals surface area contributed by atoms with Gasteiger partial charge in [-0.1, -0.05) is 12.1 Å². The van der Waals surface area contributed by atoms with Gasteiger partial charge in [0.05, 0.1) is 12.1 Å². The Morgan fingerprint density at radius 3 is 2.57 bits per heavy atom. The third-order valence-corrected chi connectivity index (χ3v) is 4.41. The maximum absolute atomic E-state index is 12.4. The second-order valence-corrected chi connectivity index (χ2v) is 6.82. The van der Waals surface area contributed by atoms with E-state index < -0.39 is 0 Å². The number of benzene rings is 1. The molecule has 2 N–H and O–H groups in total. The Kier molecular flexibility index (Phi) is 5.02. The molecule has 3 nitrogen and oxygen atoms in total. The summed E-state index contributed by atoms with van der Waals surface area (Å²) < 4.78 is 0. The second kappa shape index (κ2) is 6.76. The van der Waals surface area contributed by atoms with Crippen LogP contribution in [0.5, 0.6) is 0 Å². The zero-order valence-electron chi connectivity index (χ0n) is 13.0. The molecule has 2 rings (SSSR count). The van der Waals surface area contributed by atoms with Crippen LogP contribution in [0.15, 0.2) is 30.3 Å². The van der Waals surface area contributed by atoms with Gasteiger partial charge in [-0.2, -0.15) is 0 Å². The zero-order valence-corrected chi connectivity index (χ0v) is 13.8. The van der Waals surface area contributed by atoms with Crippen molar-refractivity contribution in [3.05, 3.63) is 51.2 Å². The van der Waals surface area contributed by atoms with Crippen molar-refractivity contribution < 1.29 is 4.79 Å². The van der Waals surface area contributed by atoms with Crippen LogP contribution >= 0.6 is 11.3 Å². The third kappa shape index (κ3) is 4.08. The molecule has 21 heavy (non-hydrogen) atoms. The highest BCUT2D eigenvalue weighted by Gasteiger charge is 2.11. The predicted octanol–water partition coefficient (Wildman–Crippen LogP) is 4.12. The molecule has 0 aliphatic carbocycles. The van der Waals surface area contributed by atoms with Crippen LogP contribution in [0.1, 0.15) is 39.5 Å². The van der Waals surface area contributed by atoms with Gasteiger partial charge in [0.2, 0.25) is 0 Å². The Bertz CT molecular complexity index is 612. The van der Waals surface area contributed by atoms with Gasteiger partial charge in [-0.3, -0.25) is 4.79 Å².